The van der Waals surface area contributed by atoms with Crippen molar-refractivity contribution in [3.05, 3.63) is 33.8 Å². The summed E-state index contributed by atoms with van der Waals surface area (Å²) in [5.74, 6) is 0.429. The summed E-state index contributed by atoms with van der Waals surface area (Å²) in [5.41, 5.74) is 0.785. The van der Waals surface area contributed by atoms with E-state index in [0.717, 1.165) is 12.0 Å². The maximum atomic E-state index is 11.5. The normalized spacial score (nSPS) is 22.9. The Kier molecular flexibility index (Phi) is 3.41. The van der Waals surface area contributed by atoms with E-state index < -0.39 is 0 Å². The van der Waals surface area contributed by atoms with Crippen LogP contribution in [0.2, 0.25) is 10.0 Å². The van der Waals surface area contributed by atoms with Crippen molar-refractivity contribution in [1.82, 2.24) is 0 Å². The number of hydrogen-bond donors (Lipinski definition) is 0. The molecule has 0 amide bonds. The van der Waals surface area contributed by atoms with Crippen LogP contribution in [0.25, 0.3) is 0 Å². The molecule has 1 fully saturated rings. The van der Waals surface area contributed by atoms with Gasteiger partial charge < -0.3 is 4.74 Å². The molecule has 0 N–H and O–H groups in total. The third-order valence-corrected chi connectivity index (χ3v) is 3.38. The molecule has 2 rings (SSSR count). The molecule has 4 heteroatoms. The van der Waals surface area contributed by atoms with Gasteiger partial charge in [0.05, 0.1) is 5.92 Å². The number of ether oxygens (including phenoxy) is 1. The zero-order chi connectivity index (χ0) is 11.7. The van der Waals surface area contributed by atoms with E-state index in [1.165, 1.54) is 0 Å². The smallest absolute Gasteiger partial charge is 0.309 e. The first-order chi connectivity index (χ1) is 7.58. The first kappa shape index (κ1) is 11.7. The van der Waals surface area contributed by atoms with Gasteiger partial charge in [0.15, 0.2) is 0 Å². The Labute approximate surface area is 104 Å². The van der Waals surface area contributed by atoms with Crippen molar-refractivity contribution >= 4 is 29.2 Å². The van der Waals surface area contributed by atoms with Crippen LogP contribution in [-0.2, 0) is 16.1 Å². The van der Waals surface area contributed by atoms with Crippen LogP contribution >= 0.6 is 23.2 Å². The Morgan fingerprint density at radius 2 is 2.19 bits per heavy atom. The fourth-order valence-corrected chi connectivity index (χ4v) is 2.01. The molecular weight excluding hydrogens is 247 g/mol. The Morgan fingerprint density at radius 1 is 1.50 bits per heavy atom. The van der Waals surface area contributed by atoms with Gasteiger partial charge in [-0.25, -0.2) is 0 Å². The van der Waals surface area contributed by atoms with Crippen molar-refractivity contribution in [1.29, 1.82) is 0 Å². The van der Waals surface area contributed by atoms with Gasteiger partial charge in [0.25, 0.3) is 0 Å². The number of carbonyl (C=O) groups is 1. The molecule has 0 heterocycles. The zero-order valence-electron chi connectivity index (χ0n) is 8.87. The largest absolute Gasteiger partial charge is 0.461 e. The summed E-state index contributed by atoms with van der Waals surface area (Å²) >= 11 is 11.7. The summed E-state index contributed by atoms with van der Waals surface area (Å²) in [4.78, 5) is 11.5. The molecule has 0 saturated heterocycles. The molecule has 0 spiro atoms. The summed E-state index contributed by atoms with van der Waals surface area (Å²) < 4.78 is 5.18. The van der Waals surface area contributed by atoms with Crippen molar-refractivity contribution in [2.45, 2.75) is 20.0 Å². The number of carbonyl (C=O) groups excluding carboxylic acids is 1. The molecule has 1 aromatic rings. The monoisotopic (exact) mass is 258 g/mol. The Morgan fingerprint density at radius 3 is 2.75 bits per heavy atom. The summed E-state index contributed by atoms with van der Waals surface area (Å²) in [6.07, 6.45) is 0.938. The summed E-state index contributed by atoms with van der Waals surface area (Å²) in [6, 6.07) is 5.15. The van der Waals surface area contributed by atoms with Crippen molar-refractivity contribution in [2.24, 2.45) is 11.8 Å². The lowest BCUT2D eigenvalue weighted by Crippen LogP contribution is -2.07. The van der Waals surface area contributed by atoms with Gasteiger partial charge in [-0.3, -0.25) is 4.79 Å². The minimum atomic E-state index is -0.126. The van der Waals surface area contributed by atoms with E-state index in [-0.39, 0.29) is 18.5 Å². The van der Waals surface area contributed by atoms with Crippen molar-refractivity contribution in [2.75, 3.05) is 0 Å². The predicted molar refractivity (Wildman–Crippen MR) is 63.5 cm³/mol. The highest BCUT2D eigenvalue weighted by atomic mass is 35.5. The lowest BCUT2D eigenvalue weighted by molar-refractivity contribution is -0.146. The summed E-state index contributed by atoms with van der Waals surface area (Å²) in [7, 11) is 0. The van der Waals surface area contributed by atoms with Crippen LogP contribution < -0.4 is 0 Å². The van der Waals surface area contributed by atoms with Crippen LogP contribution in [0, 0.1) is 11.8 Å². The fourth-order valence-electron chi connectivity index (χ4n) is 1.55. The highest BCUT2D eigenvalue weighted by Crippen LogP contribution is 2.38. The molecule has 0 bridgehead atoms. The van der Waals surface area contributed by atoms with Gasteiger partial charge in [0.2, 0.25) is 0 Å². The van der Waals surface area contributed by atoms with Gasteiger partial charge >= 0.3 is 5.97 Å². The van der Waals surface area contributed by atoms with Gasteiger partial charge in [-0.1, -0.05) is 36.2 Å². The topological polar surface area (TPSA) is 26.3 Å². The molecule has 0 aromatic heterocycles. The molecule has 0 aliphatic heterocycles. The minimum absolute atomic E-state index is 0.0890. The average molecular weight is 259 g/mol. The molecule has 0 radical (unpaired) electrons. The van der Waals surface area contributed by atoms with E-state index >= 15 is 0 Å². The number of hydrogen-bond acceptors (Lipinski definition) is 2. The molecule has 1 aliphatic carbocycles. The van der Waals surface area contributed by atoms with Crippen molar-refractivity contribution < 1.29 is 9.53 Å². The molecule has 2 unspecified atom stereocenters. The first-order valence-electron chi connectivity index (χ1n) is 5.18. The highest BCUT2D eigenvalue weighted by molar-refractivity contribution is 6.35. The van der Waals surface area contributed by atoms with Gasteiger partial charge in [0.1, 0.15) is 6.61 Å². The van der Waals surface area contributed by atoms with Gasteiger partial charge in [0, 0.05) is 15.6 Å². The van der Waals surface area contributed by atoms with E-state index in [2.05, 4.69) is 0 Å². The molecule has 1 aromatic carbocycles. The van der Waals surface area contributed by atoms with Crippen LogP contribution in [0.4, 0.5) is 0 Å². The number of rotatable bonds is 3. The zero-order valence-corrected chi connectivity index (χ0v) is 10.4. The number of benzene rings is 1. The Balaban J connectivity index is 1.92. The average Bonchev–Trinajstić information content (AvgIpc) is 2.94. The third kappa shape index (κ3) is 2.69. The lowest BCUT2D eigenvalue weighted by Gasteiger charge is -2.06. The van der Waals surface area contributed by atoms with Crippen molar-refractivity contribution in [3.8, 4) is 0 Å². The van der Waals surface area contributed by atoms with Crippen LogP contribution in [-0.4, -0.2) is 5.97 Å². The van der Waals surface area contributed by atoms with E-state index in [4.69, 9.17) is 27.9 Å². The standard InChI is InChI=1S/C12H12Cl2O2/c1-7-4-10(7)12(15)16-6-8-2-3-9(13)5-11(8)14/h2-3,5,7,10H,4,6H2,1H3. The maximum absolute atomic E-state index is 11.5. The molecule has 16 heavy (non-hydrogen) atoms. The van der Waals surface area contributed by atoms with E-state index in [1.54, 1.807) is 18.2 Å². The molecule has 1 saturated carbocycles. The quantitative estimate of drug-likeness (QED) is 0.774. The van der Waals surface area contributed by atoms with E-state index in [1.807, 2.05) is 6.92 Å². The van der Waals surface area contributed by atoms with E-state index in [0.29, 0.717) is 16.0 Å². The number of halogens is 2. The molecule has 1 aliphatic rings. The predicted octanol–water partition coefficient (Wildman–Crippen LogP) is 3.69. The third-order valence-electron chi connectivity index (χ3n) is 2.80. The highest BCUT2D eigenvalue weighted by Gasteiger charge is 2.40. The van der Waals surface area contributed by atoms with Gasteiger partial charge in [-0.05, 0) is 24.5 Å². The molecular formula is C12H12Cl2O2. The van der Waals surface area contributed by atoms with Crippen LogP contribution in [0.3, 0.4) is 0 Å². The van der Waals surface area contributed by atoms with Crippen LogP contribution in [0.15, 0.2) is 18.2 Å². The first-order valence-corrected chi connectivity index (χ1v) is 5.94. The van der Waals surface area contributed by atoms with Crippen LogP contribution in [0.5, 0.6) is 0 Å². The van der Waals surface area contributed by atoms with Crippen molar-refractivity contribution in [3.63, 3.8) is 0 Å². The minimum Gasteiger partial charge on any atom is -0.461 e. The number of esters is 1. The Bertz CT molecular complexity index is 417. The van der Waals surface area contributed by atoms with E-state index in [9.17, 15) is 4.79 Å². The molecule has 2 atom stereocenters. The molecule has 2 nitrogen and oxygen atoms in total. The summed E-state index contributed by atoms with van der Waals surface area (Å²) in [6.45, 7) is 2.26. The second kappa shape index (κ2) is 4.64. The van der Waals surface area contributed by atoms with Gasteiger partial charge in [-0.15, -0.1) is 0 Å². The van der Waals surface area contributed by atoms with Gasteiger partial charge in [-0.2, -0.15) is 0 Å². The molecule has 86 valence electrons. The lowest BCUT2D eigenvalue weighted by atomic mass is 10.2. The fraction of sp³-hybridized carbons (Fsp3) is 0.417. The van der Waals surface area contributed by atoms with Crippen LogP contribution in [0.1, 0.15) is 18.9 Å². The second-order valence-electron chi connectivity index (χ2n) is 4.16. The summed E-state index contributed by atoms with van der Waals surface area (Å²) in [5, 5.41) is 1.11. The Hall–Kier alpha value is -0.730. The SMILES string of the molecule is CC1CC1C(=O)OCc1ccc(Cl)cc1Cl. The maximum Gasteiger partial charge on any atom is 0.309 e. The second-order valence-corrected chi connectivity index (χ2v) is 5.01.